The second-order valence-electron chi connectivity index (χ2n) is 5.59. The Balaban J connectivity index is 1.55. The van der Waals surface area contributed by atoms with Gasteiger partial charge >= 0.3 is 0 Å². The molecule has 5 heteroatoms. The van der Waals surface area contributed by atoms with Crippen molar-refractivity contribution in [2.24, 2.45) is 0 Å². The molecule has 22 heavy (non-hydrogen) atoms. The van der Waals surface area contributed by atoms with Gasteiger partial charge in [-0.05, 0) is 36.7 Å². The van der Waals surface area contributed by atoms with Crippen LogP contribution >= 0.6 is 0 Å². The molecule has 116 valence electrons. The minimum atomic E-state index is -3.35. The Bertz CT molecular complexity index is 727. The van der Waals surface area contributed by atoms with Crippen LogP contribution in [-0.4, -0.2) is 21.5 Å². The Kier molecular flexibility index (Phi) is 4.29. The minimum absolute atomic E-state index is 0.298. The van der Waals surface area contributed by atoms with Gasteiger partial charge in [0.05, 0.1) is 4.90 Å². The van der Waals surface area contributed by atoms with Crippen molar-refractivity contribution in [2.75, 3.05) is 7.05 Å². The number of hydrogen-bond donors (Lipinski definition) is 2. The highest BCUT2D eigenvalue weighted by Crippen LogP contribution is 2.40. The molecular formula is C17H20N2O2S. The van der Waals surface area contributed by atoms with E-state index in [1.165, 1.54) is 12.6 Å². The van der Waals surface area contributed by atoms with Gasteiger partial charge in [0, 0.05) is 18.5 Å². The summed E-state index contributed by atoms with van der Waals surface area (Å²) in [6.07, 6.45) is 1.16. The molecule has 0 radical (unpaired) electrons. The van der Waals surface area contributed by atoms with Crippen LogP contribution in [0.25, 0.3) is 0 Å². The monoisotopic (exact) mass is 316 g/mol. The van der Waals surface area contributed by atoms with Crippen LogP contribution in [0.2, 0.25) is 0 Å². The Labute approximate surface area is 131 Å². The van der Waals surface area contributed by atoms with Crippen LogP contribution < -0.4 is 10.0 Å². The van der Waals surface area contributed by atoms with E-state index < -0.39 is 10.0 Å². The Morgan fingerprint density at radius 1 is 1.05 bits per heavy atom. The van der Waals surface area contributed by atoms with Crippen LogP contribution in [0.4, 0.5) is 0 Å². The van der Waals surface area contributed by atoms with Crippen molar-refractivity contribution >= 4 is 10.0 Å². The van der Waals surface area contributed by atoms with Gasteiger partial charge in [0.25, 0.3) is 0 Å². The molecule has 0 unspecified atom stereocenters. The molecule has 0 bridgehead atoms. The van der Waals surface area contributed by atoms with Gasteiger partial charge in [-0.2, -0.15) is 0 Å². The first-order valence-electron chi connectivity index (χ1n) is 7.41. The lowest BCUT2D eigenvalue weighted by molar-refractivity contribution is 0.588. The minimum Gasteiger partial charge on any atom is -0.309 e. The maximum Gasteiger partial charge on any atom is 0.240 e. The lowest BCUT2D eigenvalue weighted by Gasteiger charge is -2.07. The number of hydrogen-bond acceptors (Lipinski definition) is 3. The summed E-state index contributed by atoms with van der Waals surface area (Å²) in [5, 5.41) is 3.53. The largest absolute Gasteiger partial charge is 0.309 e. The summed E-state index contributed by atoms with van der Waals surface area (Å²) in [5.74, 6) is 0.602. The average Bonchev–Trinajstić information content (AvgIpc) is 3.34. The molecule has 2 aromatic carbocycles. The number of sulfonamides is 1. The fourth-order valence-electron chi connectivity index (χ4n) is 2.64. The van der Waals surface area contributed by atoms with Crippen LogP contribution in [0.1, 0.15) is 23.5 Å². The van der Waals surface area contributed by atoms with E-state index in [0.717, 1.165) is 18.5 Å². The highest BCUT2D eigenvalue weighted by molar-refractivity contribution is 7.89. The molecule has 0 heterocycles. The van der Waals surface area contributed by atoms with Gasteiger partial charge in [-0.3, -0.25) is 0 Å². The van der Waals surface area contributed by atoms with Gasteiger partial charge in [0.2, 0.25) is 10.0 Å². The van der Waals surface area contributed by atoms with Crippen LogP contribution in [0.3, 0.4) is 0 Å². The van der Waals surface area contributed by atoms with E-state index in [2.05, 4.69) is 34.3 Å². The number of rotatable bonds is 6. The zero-order chi connectivity index (χ0) is 15.6. The highest BCUT2D eigenvalue weighted by atomic mass is 32.2. The molecule has 2 N–H and O–H groups in total. The van der Waals surface area contributed by atoms with Crippen molar-refractivity contribution in [2.45, 2.75) is 29.8 Å². The Morgan fingerprint density at radius 3 is 2.36 bits per heavy atom. The second kappa shape index (κ2) is 6.20. The molecule has 4 nitrogen and oxygen atoms in total. The Morgan fingerprint density at radius 2 is 1.73 bits per heavy atom. The van der Waals surface area contributed by atoms with Gasteiger partial charge in [0.1, 0.15) is 0 Å². The summed E-state index contributed by atoms with van der Waals surface area (Å²) in [4.78, 5) is 0.298. The van der Waals surface area contributed by atoms with E-state index in [1.807, 2.05) is 18.2 Å². The van der Waals surface area contributed by atoms with Gasteiger partial charge in [-0.15, -0.1) is 0 Å². The molecule has 1 saturated carbocycles. The zero-order valence-electron chi connectivity index (χ0n) is 12.5. The first kappa shape index (κ1) is 15.2. The quantitative estimate of drug-likeness (QED) is 0.859. The van der Waals surface area contributed by atoms with Crippen molar-refractivity contribution in [1.82, 2.24) is 10.0 Å². The summed E-state index contributed by atoms with van der Waals surface area (Å²) >= 11 is 0. The van der Waals surface area contributed by atoms with Crippen molar-refractivity contribution in [3.63, 3.8) is 0 Å². The molecule has 0 aromatic heterocycles. The van der Waals surface area contributed by atoms with Crippen LogP contribution in [0.5, 0.6) is 0 Å². The molecule has 2 aromatic rings. The van der Waals surface area contributed by atoms with Gasteiger partial charge < -0.3 is 5.32 Å². The van der Waals surface area contributed by atoms with Gasteiger partial charge in [-0.1, -0.05) is 42.5 Å². The van der Waals surface area contributed by atoms with E-state index >= 15 is 0 Å². The maximum absolute atomic E-state index is 11.7. The first-order chi connectivity index (χ1) is 10.6. The third kappa shape index (κ3) is 3.38. The molecule has 1 fully saturated rings. The lowest BCUT2D eigenvalue weighted by Crippen LogP contribution is -2.19. The zero-order valence-corrected chi connectivity index (χ0v) is 13.3. The third-order valence-electron chi connectivity index (χ3n) is 4.09. The predicted octanol–water partition coefficient (Wildman–Crippen LogP) is 2.24. The molecule has 2 atom stereocenters. The van der Waals surface area contributed by atoms with Crippen molar-refractivity contribution in [1.29, 1.82) is 0 Å². The maximum atomic E-state index is 11.7. The molecule has 1 aliphatic rings. The SMILES string of the molecule is CNS(=O)(=O)c1ccc(CN[C@H]2C[C@@H]2c2ccccc2)cc1. The fourth-order valence-corrected chi connectivity index (χ4v) is 3.37. The average molecular weight is 316 g/mol. The van der Waals surface area contributed by atoms with E-state index in [1.54, 1.807) is 12.1 Å². The normalized spacial score (nSPS) is 20.8. The van der Waals surface area contributed by atoms with Crippen molar-refractivity contribution < 1.29 is 8.42 Å². The van der Waals surface area contributed by atoms with E-state index in [4.69, 9.17) is 0 Å². The van der Waals surface area contributed by atoms with Gasteiger partial charge in [-0.25, -0.2) is 13.1 Å². The Hall–Kier alpha value is -1.69. The smallest absolute Gasteiger partial charge is 0.240 e. The number of benzene rings is 2. The molecule has 0 saturated heterocycles. The molecule has 1 aliphatic carbocycles. The lowest BCUT2D eigenvalue weighted by atomic mass is 10.1. The molecule has 0 amide bonds. The first-order valence-corrected chi connectivity index (χ1v) is 8.89. The van der Waals surface area contributed by atoms with Crippen LogP contribution in [-0.2, 0) is 16.6 Å². The highest BCUT2D eigenvalue weighted by Gasteiger charge is 2.37. The van der Waals surface area contributed by atoms with Gasteiger partial charge in [0.15, 0.2) is 0 Å². The fraction of sp³-hybridized carbons (Fsp3) is 0.294. The van der Waals surface area contributed by atoms with E-state index in [9.17, 15) is 8.42 Å². The molecule has 0 aliphatic heterocycles. The summed E-state index contributed by atoms with van der Waals surface area (Å²) in [6, 6.07) is 18.0. The van der Waals surface area contributed by atoms with Crippen LogP contribution in [0, 0.1) is 0 Å². The van der Waals surface area contributed by atoms with Crippen molar-refractivity contribution in [3.8, 4) is 0 Å². The predicted molar refractivity (Wildman–Crippen MR) is 87.1 cm³/mol. The summed E-state index contributed by atoms with van der Waals surface area (Å²) in [6.45, 7) is 0.758. The summed E-state index contributed by atoms with van der Waals surface area (Å²) in [7, 11) is -1.93. The second-order valence-corrected chi connectivity index (χ2v) is 7.48. The van der Waals surface area contributed by atoms with Crippen LogP contribution in [0.15, 0.2) is 59.5 Å². The molecule has 3 rings (SSSR count). The molecule has 0 spiro atoms. The van der Waals surface area contributed by atoms with E-state index in [0.29, 0.717) is 16.9 Å². The summed E-state index contributed by atoms with van der Waals surface area (Å²) in [5.41, 5.74) is 2.48. The van der Waals surface area contributed by atoms with E-state index in [-0.39, 0.29) is 0 Å². The van der Waals surface area contributed by atoms with Crippen molar-refractivity contribution in [3.05, 3.63) is 65.7 Å². The number of nitrogens with one attached hydrogen (secondary N) is 2. The summed E-state index contributed by atoms with van der Waals surface area (Å²) < 4.78 is 25.6. The molecular weight excluding hydrogens is 296 g/mol. The topological polar surface area (TPSA) is 58.2 Å². The standard InChI is InChI=1S/C17H20N2O2S/c1-18-22(20,21)15-9-7-13(8-10-15)12-19-17-11-16(17)14-5-3-2-4-6-14/h2-10,16-19H,11-12H2,1H3/t16-,17+/m1/s1. The third-order valence-corrected chi connectivity index (χ3v) is 5.52.